The number of aromatic nitrogens is 4. The van der Waals surface area contributed by atoms with E-state index in [2.05, 4.69) is 33.7 Å². The van der Waals surface area contributed by atoms with E-state index < -0.39 is 0 Å². The summed E-state index contributed by atoms with van der Waals surface area (Å²) in [5.41, 5.74) is 13.5. The molecule has 1 aliphatic rings. The van der Waals surface area contributed by atoms with E-state index in [9.17, 15) is 0 Å². The minimum Gasteiger partial charge on any atom is -0.382 e. The summed E-state index contributed by atoms with van der Waals surface area (Å²) >= 11 is 7.68. The Hall–Kier alpha value is -2.16. The van der Waals surface area contributed by atoms with E-state index >= 15 is 0 Å². The Morgan fingerprint density at radius 1 is 1.20 bits per heavy atom. The number of nitrogens with two attached hydrogens (primary N) is 2. The number of hydrogen-bond donors (Lipinski definition) is 2. The number of halogens is 1. The van der Waals surface area contributed by atoms with Crippen molar-refractivity contribution in [1.82, 2.24) is 19.9 Å². The third-order valence-electron chi connectivity index (χ3n) is 5.43. The van der Waals surface area contributed by atoms with Gasteiger partial charge in [-0.15, -0.1) is 0 Å². The summed E-state index contributed by atoms with van der Waals surface area (Å²) in [4.78, 5) is 21.3. The Bertz CT molecular complexity index is 1050. The minimum atomic E-state index is 0.247. The zero-order valence-corrected chi connectivity index (χ0v) is 18.7. The number of pyridine rings is 2. The molecule has 3 aromatic rings. The molecule has 0 bridgehead atoms. The minimum absolute atomic E-state index is 0.247. The lowest BCUT2D eigenvalue weighted by molar-refractivity contribution is 0.340. The van der Waals surface area contributed by atoms with Crippen LogP contribution in [0.25, 0.3) is 11.2 Å². The summed E-state index contributed by atoms with van der Waals surface area (Å²) in [7, 11) is 0. The zero-order valence-electron chi connectivity index (χ0n) is 17.1. The van der Waals surface area contributed by atoms with E-state index in [1.165, 1.54) is 11.8 Å². The summed E-state index contributed by atoms with van der Waals surface area (Å²) in [5.74, 6) is 1.20. The monoisotopic (exact) mass is 443 g/mol. The highest BCUT2D eigenvalue weighted by atomic mass is 35.5. The number of fused-ring (bicyclic) bond motifs is 1. The van der Waals surface area contributed by atoms with Crippen LogP contribution in [0.4, 0.5) is 11.6 Å². The molecule has 4 N–H and O–H groups in total. The second kappa shape index (κ2) is 8.91. The molecule has 1 saturated heterocycles. The molecule has 0 amide bonds. The van der Waals surface area contributed by atoms with E-state index in [1.807, 2.05) is 24.4 Å². The highest BCUT2D eigenvalue weighted by molar-refractivity contribution is 7.99. The standard InChI is InChI=1S/C21H26ClN7S/c1-3-4-14-10-13(23)9-12(2)29(14)17-11-26-21-15(27-17)5-6-18(28-21)30-16-7-8-25-20(24)19(16)22/h5-8,11-14H,3-4,9-10,23H2,1-2H3,(H2,24,25). The molecule has 7 nitrogen and oxygen atoms in total. The first-order valence-corrected chi connectivity index (χ1v) is 11.4. The number of piperidine rings is 1. The van der Waals surface area contributed by atoms with Gasteiger partial charge in [0, 0.05) is 29.2 Å². The Balaban J connectivity index is 1.62. The fourth-order valence-corrected chi connectivity index (χ4v) is 5.21. The second-order valence-corrected chi connectivity index (χ2v) is 9.20. The van der Waals surface area contributed by atoms with Crippen LogP contribution in [0.5, 0.6) is 0 Å². The average Bonchev–Trinajstić information content (AvgIpc) is 2.71. The molecular weight excluding hydrogens is 418 g/mol. The first-order chi connectivity index (χ1) is 14.5. The molecule has 4 rings (SSSR count). The van der Waals surface area contributed by atoms with Crippen molar-refractivity contribution in [1.29, 1.82) is 0 Å². The fourth-order valence-electron chi connectivity index (χ4n) is 4.17. The van der Waals surface area contributed by atoms with Gasteiger partial charge in [0.1, 0.15) is 22.2 Å². The van der Waals surface area contributed by atoms with Crippen molar-refractivity contribution in [3.63, 3.8) is 0 Å². The van der Waals surface area contributed by atoms with Crippen LogP contribution in [0.1, 0.15) is 39.5 Å². The van der Waals surface area contributed by atoms with E-state index in [1.54, 1.807) is 6.20 Å². The Morgan fingerprint density at radius 2 is 2.03 bits per heavy atom. The van der Waals surface area contributed by atoms with Gasteiger partial charge in [0.05, 0.1) is 11.2 Å². The number of nitrogens with zero attached hydrogens (tertiary/aromatic N) is 5. The summed E-state index contributed by atoms with van der Waals surface area (Å²) < 4.78 is 0. The average molecular weight is 444 g/mol. The number of rotatable bonds is 5. The van der Waals surface area contributed by atoms with Crippen LogP contribution in [0.3, 0.4) is 0 Å². The van der Waals surface area contributed by atoms with Crippen molar-refractivity contribution in [3.8, 4) is 0 Å². The van der Waals surface area contributed by atoms with Gasteiger partial charge in [-0.2, -0.15) is 0 Å². The Morgan fingerprint density at radius 3 is 2.83 bits per heavy atom. The van der Waals surface area contributed by atoms with Crippen molar-refractivity contribution in [2.24, 2.45) is 5.73 Å². The van der Waals surface area contributed by atoms with Crippen LogP contribution in [-0.4, -0.2) is 38.1 Å². The molecule has 1 aliphatic heterocycles. The number of hydrogen-bond acceptors (Lipinski definition) is 8. The highest BCUT2D eigenvalue weighted by Crippen LogP contribution is 2.35. The van der Waals surface area contributed by atoms with Gasteiger partial charge in [0.2, 0.25) is 0 Å². The van der Waals surface area contributed by atoms with Gasteiger partial charge in [0.25, 0.3) is 0 Å². The molecule has 3 unspecified atom stereocenters. The van der Waals surface area contributed by atoms with Crippen molar-refractivity contribution in [2.75, 3.05) is 10.6 Å². The zero-order chi connectivity index (χ0) is 21.3. The van der Waals surface area contributed by atoms with Gasteiger partial charge >= 0.3 is 0 Å². The van der Waals surface area contributed by atoms with Crippen molar-refractivity contribution in [2.45, 2.75) is 67.6 Å². The number of anilines is 2. The van der Waals surface area contributed by atoms with Gasteiger partial charge in [-0.25, -0.2) is 19.9 Å². The van der Waals surface area contributed by atoms with Gasteiger partial charge in [0.15, 0.2) is 5.65 Å². The first-order valence-electron chi connectivity index (χ1n) is 10.2. The van der Waals surface area contributed by atoms with E-state index in [0.29, 0.717) is 28.6 Å². The molecule has 0 aromatic carbocycles. The molecule has 9 heteroatoms. The molecular formula is C21H26ClN7S. The predicted octanol–water partition coefficient (Wildman–Crippen LogP) is 4.29. The third kappa shape index (κ3) is 4.31. The summed E-state index contributed by atoms with van der Waals surface area (Å²) in [6.45, 7) is 4.43. The lowest BCUT2D eigenvalue weighted by Crippen LogP contribution is -2.52. The van der Waals surface area contributed by atoms with Crippen LogP contribution in [-0.2, 0) is 0 Å². The third-order valence-corrected chi connectivity index (χ3v) is 6.94. The van der Waals surface area contributed by atoms with Gasteiger partial charge in [-0.1, -0.05) is 36.7 Å². The molecule has 3 aromatic heterocycles. The maximum absolute atomic E-state index is 6.28. The second-order valence-electron chi connectivity index (χ2n) is 7.76. The lowest BCUT2D eigenvalue weighted by Gasteiger charge is -2.44. The van der Waals surface area contributed by atoms with Crippen LogP contribution in [0, 0.1) is 0 Å². The first kappa shape index (κ1) is 21.1. The van der Waals surface area contributed by atoms with Crippen LogP contribution in [0.15, 0.2) is 40.5 Å². The van der Waals surface area contributed by atoms with E-state index in [4.69, 9.17) is 28.1 Å². The normalized spacial score (nSPS) is 21.9. The predicted molar refractivity (Wildman–Crippen MR) is 123 cm³/mol. The smallest absolute Gasteiger partial charge is 0.179 e. The van der Waals surface area contributed by atoms with E-state index in [-0.39, 0.29) is 6.04 Å². The summed E-state index contributed by atoms with van der Waals surface area (Å²) in [5, 5.41) is 1.21. The molecule has 0 spiro atoms. The van der Waals surface area contributed by atoms with Crippen molar-refractivity contribution >= 4 is 46.2 Å². The van der Waals surface area contributed by atoms with Crippen LogP contribution in [0.2, 0.25) is 5.02 Å². The summed E-state index contributed by atoms with van der Waals surface area (Å²) in [6.07, 6.45) is 7.63. The molecule has 1 fully saturated rings. The molecule has 0 saturated carbocycles. The Kier molecular flexibility index (Phi) is 6.26. The van der Waals surface area contributed by atoms with Crippen molar-refractivity contribution in [3.05, 3.63) is 35.6 Å². The maximum Gasteiger partial charge on any atom is 0.179 e. The molecule has 0 aliphatic carbocycles. The van der Waals surface area contributed by atoms with Gasteiger partial charge < -0.3 is 16.4 Å². The SMILES string of the molecule is CCCC1CC(N)CC(C)N1c1cnc2nc(Sc3ccnc(N)c3Cl)ccc2n1. The van der Waals surface area contributed by atoms with Crippen molar-refractivity contribution < 1.29 is 0 Å². The topological polar surface area (TPSA) is 107 Å². The maximum atomic E-state index is 6.28. The van der Waals surface area contributed by atoms with Crippen LogP contribution < -0.4 is 16.4 Å². The largest absolute Gasteiger partial charge is 0.382 e. The van der Waals surface area contributed by atoms with E-state index in [0.717, 1.165) is 46.9 Å². The van der Waals surface area contributed by atoms with Gasteiger partial charge in [-0.3, -0.25) is 0 Å². The van der Waals surface area contributed by atoms with Crippen LogP contribution >= 0.6 is 23.4 Å². The number of nitrogen functional groups attached to an aromatic ring is 1. The summed E-state index contributed by atoms with van der Waals surface area (Å²) in [6, 6.07) is 6.67. The fraction of sp³-hybridized carbons (Fsp3) is 0.429. The molecule has 4 heterocycles. The molecule has 158 valence electrons. The van der Waals surface area contributed by atoms with Gasteiger partial charge in [-0.05, 0) is 44.4 Å². The molecule has 30 heavy (non-hydrogen) atoms. The lowest BCUT2D eigenvalue weighted by atomic mass is 9.90. The quantitative estimate of drug-likeness (QED) is 0.601. The Labute approximate surface area is 185 Å². The molecule has 0 radical (unpaired) electrons. The molecule has 3 atom stereocenters. The highest BCUT2D eigenvalue weighted by Gasteiger charge is 2.32.